The van der Waals surface area contributed by atoms with Crippen molar-refractivity contribution in [1.82, 2.24) is 10.3 Å². The van der Waals surface area contributed by atoms with Crippen molar-refractivity contribution in [2.24, 2.45) is 0 Å². The Morgan fingerprint density at radius 3 is 3.12 bits per heavy atom. The number of piperazine rings is 1. The van der Waals surface area contributed by atoms with E-state index < -0.39 is 0 Å². The number of carbonyl (C=O) groups excluding carboxylic acids is 1. The van der Waals surface area contributed by atoms with Crippen LogP contribution in [0.25, 0.3) is 0 Å². The number of aromatic nitrogens is 1. The highest BCUT2D eigenvalue weighted by Crippen LogP contribution is 2.19. The third kappa shape index (κ3) is 2.11. The first kappa shape index (κ1) is 11.2. The molecule has 2 heterocycles. The van der Waals surface area contributed by atoms with Crippen molar-refractivity contribution in [3.63, 3.8) is 0 Å². The molecule has 1 N–H and O–H groups in total. The van der Waals surface area contributed by atoms with Gasteiger partial charge in [0.25, 0.3) is 0 Å². The van der Waals surface area contributed by atoms with Crippen LogP contribution >= 0.6 is 11.6 Å². The highest BCUT2D eigenvalue weighted by atomic mass is 35.5. The highest BCUT2D eigenvalue weighted by molar-refractivity contribution is 6.29. The summed E-state index contributed by atoms with van der Waals surface area (Å²) in [6.07, 6.45) is 0.764. The normalized spacial score (nSPS) is 20.8. The lowest BCUT2D eigenvalue weighted by Crippen LogP contribution is -2.55. The first-order valence-corrected chi connectivity index (χ1v) is 5.77. The monoisotopic (exact) mass is 239 g/mol. The topological polar surface area (TPSA) is 45.2 Å². The van der Waals surface area contributed by atoms with Gasteiger partial charge in [-0.1, -0.05) is 24.6 Å². The zero-order chi connectivity index (χ0) is 11.5. The third-order valence-corrected chi connectivity index (χ3v) is 2.92. The predicted molar refractivity (Wildman–Crippen MR) is 63.7 cm³/mol. The summed E-state index contributed by atoms with van der Waals surface area (Å²) in [5.41, 5.74) is 0. The average molecular weight is 240 g/mol. The number of pyridine rings is 1. The lowest BCUT2D eigenvalue weighted by molar-refractivity contribution is -0.123. The molecular formula is C11H14ClN3O. The molecule has 1 aliphatic heterocycles. The number of nitrogens with zero attached hydrogens (tertiary/aromatic N) is 2. The zero-order valence-electron chi connectivity index (χ0n) is 9.11. The van der Waals surface area contributed by atoms with Gasteiger partial charge in [0.2, 0.25) is 5.91 Å². The van der Waals surface area contributed by atoms with Crippen LogP contribution in [0.2, 0.25) is 5.15 Å². The summed E-state index contributed by atoms with van der Waals surface area (Å²) in [5, 5.41) is 3.31. The van der Waals surface area contributed by atoms with Gasteiger partial charge in [0.1, 0.15) is 17.0 Å². The van der Waals surface area contributed by atoms with Gasteiger partial charge in [-0.2, -0.15) is 0 Å². The Kier molecular flexibility index (Phi) is 3.29. The summed E-state index contributed by atoms with van der Waals surface area (Å²) in [6.45, 7) is 3.42. The molecule has 1 atom stereocenters. The second kappa shape index (κ2) is 4.70. The summed E-state index contributed by atoms with van der Waals surface area (Å²) in [6, 6.07) is 5.33. The van der Waals surface area contributed by atoms with Crippen LogP contribution in [0.4, 0.5) is 5.82 Å². The molecule has 1 fully saturated rings. The fourth-order valence-electron chi connectivity index (χ4n) is 1.95. The van der Waals surface area contributed by atoms with Crippen LogP contribution in [0.5, 0.6) is 0 Å². The van der Waals surface area contributed by atoms with Gasteiger partial charge < -0.3 is 10.2 Å². The molecule has 2 rings (SSSR count). The largest absolute Gasteiger partial charge is 0.353 e. The van der Waals surface area contributed by atoms with E-state index in [1.54, 1.807) is 6.07 Å². The molecule has 4 nitrogen and oxygen atoms in total. The van der Waals surface area contributed by atoms with Gasteiger partial charge in [0, 0.05) is 13.1 Å². The zero-order valence-corrected chi connectivity index (χ0v) is 9.87. The molecule has 0 radical (unpaired) electrons. The first-order chi connectivity index (χ1) is 7.72. The van der Waals surface area contributed by atoms with E-state index in [2.05, 4.69) is 10.3 Å². The van der Waals surface area contributed by atoms with Crippen molar-refractivity contribution in [3.8, 4) is 0 Å². The number of amides is 1. The van der Waals surface area contributed by atoms with Crippen molar-refractivity contribution < 1.29 is 4.79 Å². The molecule has 1 aliphatic rings. The van der Waals surface area contributed by atoms with Gasteiger partial charge in [-0.3, -0.25) is 4.79 Å². The molecule has 16 heavy (non-hydrogen) atoms. The van der Waals surface area contributed by atoms with Crippen molar-refractivity contribution in [2.75, 3.05) is 18.0 Å². The maximum absolute atomic E-state index is 11.7. The molecular weight excluding hydrogens is 226 g/mol. The van der Waals surface area contributed by atoms with Crippen LogP contribution < -0.4 is 10.2 Å². The second-order valence-electron chi connectivity index (χ2n) is 3.73. The fourth-order valence-corrected chi connectivity index (χ4v) is 2.11. The van der Waals surface area contributed by atoms with Crippen molar-refractivity contribution >= 4 is 23.3 Å². The summed E-state index contributed by atoms with van der Waals surface area (Å²) in [4.78, 5) is 17.9. The molecule has 1 saturated heterocycles. The van der Waals surface area contributed by atoms with E-state index in [-0.39, 0.29) is 11.9 Å². The van der Waals surface area contributed by atoms with Crippen molar-refractivity contribution in [2.45, 2.75) is 19.4 Å². The lowest BCUT2D eigenvalue weighted by Gasteiger charge is -2.35. The number of nitrogens with one attached hydrogen (secondary N) is 1. The number of rotatable bonds is 2. The smallest absolute Gasteiger partial charge is 0.242 e. The molecule has 0 aliphatic carbocycles. The Morgan fingerprint density at radius 1 is 1.62 bits per heavy atom. The van der Waals surface area contributed by atoms with E-state index in [0.717, 1.165) is 18.8 Å². The molecule has 0 bridgehead atoms. The van der Waals surface area contributed by atoms with Gasteiger partial charge in [-0.15, -0.1) is 0 Å². The number of carbonyl (C=O) groups is 1. The van der Waals surface area contributed by atoms with Crippen molar-refractivity contribution in [3.05, 3.63) is 23.4 Å². The maximum Gasteiger partial charge on any atom is 0.242 e. The Balaban J connectivity index is 2.27. The van der Waals surface area contributed by atoms with Gasteiger partial charge in [-0.05, 0) is 18.6 Å². The summed E-state index contributed by atoms with van der Waals surface area (Å²) in [7, 11) is 0. The fraction of sp³-hybridized carbons (Fsp3) is 0.455. The minimum atomic E-state index is -0.139. The van der Waals surface area contributed by atoms with Gasteiger partial charge >= 0.3 is 0 Å². The molecule has 5 heteroatoms. The van der Waals surface area contributed by atoms with Crippen LogP contribution in [0.1, 0.15) is 13.3 Å². The van der Waals surface area contributed by atoms with Gasteiger partial charge in [-0.25, -0.2) is 4.98 Å². The van der Waals surface area contributed by atoms with E-state index in [1.807, 2.05) is 24.0 Å². The van der Waals surface area contributed by atoms with E-state index in [1.165, 1.54) is 0 Å². The molecule has 1 aromatic heterocycles. The van der Waals surface area contributed by atoms with Crippen LogP contribution in [0, 0.1) is 0 Å². The molecule has 0 spiro atoms. The summed E-state index contributed by atoms with van der Waals surface area (Å²) in [5.74, 6) is 0.838. The minimum Gasteiger partial charge on any atom is -0.353 e. The van der Waals surface area contributed by atoms with Crippen molar-refractivity contribution in [1.29, 1.82) is 0 Å². The molecule has 0 aromatic carbocycles. The van der Waals surface area contributed by atoms with Crippen LogP contribution in [0.15, 0.2) is 18.2 Å². The number of hydrogen-bond donors (Lipinski definition) is 1. The Bertz CT molecular complexity index is 397. The van der Waals surface area contributed by atoms with Gasteiger partial charge in [0.05, 0.1) is 0 Å². The standard InChI is InChI=1S/C11H14ClN3O/c1-2-8-11(16)13-6-7-15(8)10-5-3-4-9(12)14-10/h3-5,8H,2,6-7H2,1H3,(H,13,16). The van der Waals surface area contributed by atoms with Crippen LogP contribution in [-0.4, -0.2) is 30.0 Å². The third-order valence-electron chi connectivity index (χ3n) is 2.71. The Hall–Kier alpha value is -1.29. The van der Waals surface area contributed by atoms with Crippen LogP contribution in [-0.2, 0) is 4.79 Å². The number of halogens is 1. The lowest BCUT2D eigenvalue weighted by atomic mass is 10.1. The molecule has 86 valence electrons. The Morgan fingerprint density at radius 2 is 2.44 bits per heavy atom. The van der Waals surface area contributed by atoms with E-state index >= 15 is 0 Å². The SMILES string of the molecule is CCC1C(=O)NCCN1c1cccc(Cl)n1. The molecule has 1 amide bonds. The average Bonchev–Trinajstić information content (AvgIpc) is 2.28. The Labute approximate surface area is 99.6 Å². The van der Waals surface area contributed by atoms with E-state index in [0.29, 0.717) is 11.7 Å². The number of hydrogen-bond acceptors (Lipinski definition) is 3. The predicted octanol–water partition coefficient (Wildman–Crippen LogP) is 1.45. The molecule has 0 saturated carbocycles. The molecule has 1 unspecified atom stereocenters. The summed E-state index contributed by atoms with van der Waals surface area (Å²) < 4.78 is 0. The summed E-state index contributed by atoms with van der Waals surface area (Å²) >= 11 is 5.85. The van der Waals surface area contributed by atoms with E-state index in [9.17, 15) is 4.79 Å². The highest BCUT2D eigenvalue weighted by Gasteiger charge is 2.28. The van der Waals surface area contributed by atoms with Crippen LogP contribution in [0.3, 0.4) is 0 Å². The quantitative estimate of drug-likeness (QED) is 0.795. The first-order valence-electron chi connectivity index (χ1n) is 5.39. The molecule has 1 aromatic rings. The maximum atomic E-state index is 11.7. The van der Waals surface area contributed by atoms with E-state index in [4.69, 9.17) is 11.6 Å². The van der Waals surface area contributed by atoms with Gasteiger partial charge in [0.15, 0.2) is 0 Å². The minimum absolute atomic E-state index is 0.0653. The number of anilines is 1. The second-order valence-corrected chi connectivity index (χ2v) is 4.11.